The third-order valence-electron chi connectivity index (χ3n) is 3.38. The van der Waals surface area contributed by atoms with Crippen molar-refractivity contribution in [1.82, 2.24) is 0 Å². The Labute approximate surface area is 116 Å². The molecule has 0 heterocycles. The molecule has 19 heavy (non-hydrogen) atoms. The van der Waals surface area contributed by atoms with E-state index in [1.807, 2.05) is 7.05 Å². The summed E-state index contributed by atoms with van der Waals surface area (Å²) in [7, 11) is 4.04. The second kappa shape index (κ2) is 6.28. The lowest BCUT2D eigenvalue weighted by Gasteiger charge is -2.20. The molecule has 1 N–H and O–H groups in total. The van der Waals surface area contributed by atoms with Crippen LogP contribution in [0.25, 0.3) is 0 Å². The molecule has 0 amide bonds. The van der Waals surface area contributed by atoms with E-state index < -0.39 is 0 Å². The molecule has 2 aromatic rings. The summed E-state index contributed by atoms with van der Waals surface area (Å²) in [5.41, 5.74) is 4.94. The summed E-state index contributed by atoms with van der Waals surface area (Å²) >= 11 is 0. The monoisotopic (exact) mass is 254 g/mol. The molecule has 0 aliphatic carbocycles. The van der Waals surface area contributed by atoms with Crippen molar-refractivity contribution in [2.75, 3.05) is 24.3 Å². The molecule has 0 radical (unpaired) electrons. The van der Waals surface area contributed by atoms with Gasteiger partial charge in [-0.25, -0.2) is 0 Å². The lowest BCUT2D eigenvalue weighted by molar-refractivity contribution is 0.921. The molecular formula is C17H22N2. The van der Waals surface area contributed by atoms with Gasteiger partial charge < -0.3 is 10.2 Å². The number of nitrogens with one attached hydrogen (secondary N) is 1. The van der Waals surface area contributed by atoms with Crippen LogP contribution in [0.15, 0.2) is 48.5 Å². The molecule has 0 bridgehead atoms. The predicted octanol–water partition coefficient (Wildman–Crippen LogP) is 4.45. The number of hydrogen-bond donors (Lipinski definition) is 1. The number of anilines is 3. The summed E-state index contributed by atoms with van der Waals surface area (Å²) in [4.78, 5) is 2.20. The fourth-order valence-electron chi connectivity index (χ4n) is 2.19. The van der Waals surface area contributed by atoms with Gasteiger partial charge >= 0.3 is 0 Å². The molecule has 0 aliphatic rings. The zero-order chi connectivity index (χ0) is 13.7. The maximum atomic E-state index is 3.17. The first-order valence-corrected chi connectivity index (χ1v) is 6.85. The van der Waals surface area contributed by atoms with Crippen LogP contribution in [-0.4, -0.2) is 14.1 Å². The maximum absolute atomic E-state index is 3.17. The Hall–Kier alpha value is -1.96. The summed E-state index contributed by atoms with van der Waals surface area (Å²) < 4.78 is 0. The second-order valence-corrected chi connectivity index (χ2v) is 4.78. The quantitative estimate of drug-likeness (QED) is 0.848. The molecule has 0 saturated carbocycles. The van der Waals surface area contributed by atoms with Crippen molar-refractivity contribution in [3.05, 3.63) is 54.1 Å². The Kier molecular flexibility index (Phi) is 4.45. The minimum absolute atomic E-state index is 1.13. The molecule has 2 heteroatoms. The number of hydrogen-bond acceptors (Lipinski definition) is 2. The Bertz CT molecular complexity index is 517. The van der Waals surface area contributed by atoms with Crippen LogP contribution in [0, 0.1) is 0 Å². The minimum atomic E-state index is 1.13. The van der Waals surface area contributed by atoms with Gasteiger partial charge in [0.25, 0.3) is 0 Å². The first kappa shape index (κ1) is 13.5. The fourth-order valence-corrected chi connectivity index (χ4v) is 2.19. The largest absolute Gasteiger partial charge is 0.388 e. The van der Waals surface area contributed by atoms with E-state index in [2.05, 4.69) is 72.7 Å². The van der Waals surface area contributed by atoms with Crippen molar-refractivity contribution < 1.29 is 0 Å². The Morgan fingerprint density at radius 2 is 1.74 bits per heavy atom. The van der Waals surface area contributed by atoms with Crippen LogP contribution in [0.5, 0.6) is 0 Å². The third kappa shape index (κ3) is 3.28. The van der Waals surface area contributed by atoms with Gasteiger partial charge in [-0.2, -0.15) is 0 Å². The number of rotatable bonds is 5. The summed E-state index contributed by atoms with van der Waals surface area (Å²) in [6.45, 7) is 2.21. The average molecular weight is 254 g/mol. The van der Waals surface area contributed by atoms with E-state index in [9.17, 15) is 0 Å². The summed E-state index contributed by atoms with van der Waals surface area (Å²) in [5.74, 6) is 0. The molecule has 2 aromatic carbocycles. The highest BCUT2D eigenvalue weighted by molar-refractivity contribution is 5.66. The van der Waals surface area contributed by atoms with Crippen molar-refractivity contribution >= 4 is 17.1 Å². The lowest BCUT2D eigenvalue weighted by atomic mass is 10.1. The first-order chi connectivity index (χ1) is 9.24. The second-order valence-electron chi connectivity index (χ2n) is 4.78. The first-order valence-electron chi connectivity index (χ1n) is 6.85. The van der Waals surface area contributed by atoms with E-state index in [4.69, 9.17) is 0 Å². The Morgan fingerprint density at radius 1 is 1.00 bits per heavy atom. The number of aryl methyl sites for hydroxylation is 1. The standard InChI is InChI=1S/C17H22N2/c1-4-6-14-9-11-16(12-10-14)19(3)17-8-5-7-15(13-17)18-2/h5,7-13,18H,4,6H2,1-3H3. The number of nitrogens with zero attached hydrogens (tertiary/aromatic N) is 1. The molecule has 0 unspecified atom stereocenters. The number of benzene rings is 2. The smallest absolute Gasteiger partial charge is 0.0428 e. The summed E-state index contributed by atoms with van der Waals surface area (Å²) in [6.07, 6.45) is 2.35. The van der Waals surface area contributed by atoms with Crippen LogP contribution < -0.4 is 10.2 Å². The van der Waals surface area contributed by atoms with Crippen LogP contribution in [0.2, 0.25) is 0 Å². The lowest BCUT2D eigenvalue weighted by Crippen LogP contribution is -2.09. The van der Waals surface area contributed by atoms with Gasteiger partial charge in [0, 0.05) is 31.2 Å². The van der Waals surface area contributed by atoms with Gasteiger partial charge in [-0.05, 0) is 42.3 Å². The summed E-state index contributed by atoms with van der Waals surface area (Å²) in [5, 5.41) is 3.17. The van der Waals surface area contributed by atoms with Gasteiger partial charge in [-0.15, -0.1) is 0 Å². The average Bonchev–Trinajstić information content (AvgIpc) is 2.48. The van der Waals surface area contributed by atoms with Gasteiger partial charge in [0.05, 0.1) is 0 Å². The Morgan fingerprint density at radius 3 is 2.37 bits per heavy atom. The van der Waals surface area contributed by atoms with E-state index in [1.54, 1.807) is 0 Å². The highest BCUT2D eigenvalue weighted by Gasteiger charge is 2.04. The van der Waals surface area contributed by atoms with Crippen LogP contribution in [-0.2, 0) is 6.42 Å². The van der Waals surface area contributed by atoms with Crippen molar-refractivity contribution in [3.63, 3.8) is 0 Å². The molecule has 0 atom stereocenters. The fraction of sp³-hybridized carbons (Fsp3) is 0.294. The van der Waals surface area contributed by atoms with E-state index in [1.165, 1.54) is 23.4 Å². The highest BCUT2D eigenvalue weighted by Crippen LogP contribution is 2.26. The molecule has 0 spiro atoms. The van der Waals surface area contributed by atoms with E-state index in [0.29, 0.717) is 0 Å². The van der Waals surface area contributed by atoms with Crippen molar-refractivity contribution in [3.8, 4) is 0 Å². The van der Waals surface area contributed by atoms with Crippen LogP contribution >= 0.6 is 0 Å². The molecule has 0 saturated heterocycles. The molecule has 100 valence electrons. The van der Waals surface area contributed by atoms with Crippen LogP contribution in [0.3, 0.4) is 0 Å². The van der Waals surface area contributed by atoms with Crippen molar-refractivity contribution in [2.45, 2.75) is 19.8 Å². The van der Waals surface area contributed by atoms with Crippen LogP contribution in [0.4, 0.5) is 17.1 Å². The molecule has 0 aromatic heterocycles. The Balaban J connectivity index is 2.20. The molecule has 0 aliphatic heterocycles. The predicted molar refractivity (Wildman–Crippen MR) is 84.5 cm³/mol. The molecule has 2 rings (SSSR count). The zero-order valence-electron chi connectivity index (χ0n) is 12.0. The molecule has 0 fully saturated rings. The normalized spacial score (nSPS) is 10.3. The van der Waals surface area contributed by atoms with Crippen LogP contribution in [0.1, 0.15) is 18.9 Å². The van der Waals surface area contributed by atoms with Gasteiger partial charge in [-0.3, -0.25) is 0 Å². The van der Waals surface area contributed by atoms with E-state index >= 15 is 0 Å². The van der Waals surface area contributed by atoms with Gasteiger partial charge in [0.15, 0.2) is 0 Å². The summed E-state index contributed by atoms with van der Waals surface area (Å²) in [6, 6.07) is 17.2. The van der Waals surface area contributed by atoms with Gasteiger partial charge in [-0.1, -0.05) is 31.5 Å². The van der Waals surface area contributed by atoms with E-state index in [-0.39, 0.29) is 0 Å². The molecule has 2 nitrogen and oxygen atoms in total. The van der Waals surface area contributed by atoms with Crippen molar-refractivity contribution in [2.24, 2.45) is 0 Å². The topological polar surface area (TPSA) is 15.3 Å². The van der Waals surface area contributed by atoms with Crippen molar-refractivity contribution in [1.29, 1.82) is 0 Å². The van der Waals surface area contributed by atoms with Gasteiger partial charge in [0.1, 0.15) is 0 Å². The van der Waals surface area contributed by atoms with Gasteiger partial charge in [0.2, 0.25) is 0 Å². The third-order valence-corrected chi connectivity index (χ3v) is 3.38. The maximum Gasteiger partial charge on any atom is 0.0428 e. The van der Waals surface area contributed by atoms with E-state index in [0.717, 1.165) is 12.1 Å². The zero-order valence-corrected chi connectivity index (χ0v) is 12.0. The molecular weight excluding hydrogens is 232 g/mol. The highest BCUT2D eigenvalue weighted by atomic mass is 15.1. The SMILES string of the molecule is CCCc1ccc(N(C)c2cccc(NC)c2)cc1. The minimum Gasteiger partial charge on any atom is -0.388 e.